The van der Waals surface area contributed by atoms with E-state index in [2.05, 4.69) is 54.6 Å². The lowest BCUT2D eigenvalue weighted by atomic mass is 9.74. The van der Waals surface area contributed by atoms with E-state index in [-0.39, 0.29) is 23.9 Å². The van der Waals surface area contributed by atoms with E-state index < -0.39 is 0 Å². The Morgan fingerprint density at radius 2 is 1.77 bits per heavy atom. The Kier molecular flexibility index (Phi) is 1.43. The van der Waals surface area contributed by atoms with Crippen LogP contribution in [0, 0.1) is 0 Å². The summed E-state index contributed by atoms with van der Waals surface area (Å²) in [6.45, 7) is 0. The molecule has 0 aromatic heterocycles. The fraction of sp³-hybridized carbons (Fsp3) is 0.200. The van der Waals surface area contributed by atoms with E-state index in [9.17, 15) is 0 Å². The molecule has 2 nitrogen and oxygen atoms in total. The molecule has 2 aliphatic heterocycles. The fourth-order valence-electron chi connectivity index (χ4n) is 4.84. The highest BCUT2D eigenvalue weighted by molar-refractivity contribution is 6.15. The quantitative estimate of drug-likeness (QED) is 0.459. The molecule has 1 spiro atoms. The molecule has 3 aromatic carbocycles. The third-order valence-electron chi connectivity index (χ3n) is 5.82. The van der Waals surface area contributed by atoms with Crippen molar-refractivity contribution in [2.75, 3.05) is 0 Å². The van der Waals surface area contributed by atoms with Gasteiger partial charge in [0, 0.05) is 5.56 Å². The molecule has 104 valence electrons. The lowest BCUT2D eigenvalue weighted by molar-refractivity contribution is 0.291. The van der Waals surface area contributed by atoms with Crippen molar-refractivity contribution in [3.05, 3.63) is 65.2 Å². The molecular weight excluding hydrogens is 272 g/mol. The topological polar surface area (TPSA) is 25.1 Å². The summed E-state index contributed by atoms with van der Waals surface area (Å²) in [5.41, 5.74) is 3.84. The minimum absolute atomic E-state index is 0.219. The van der Waals surface area contributed by atoms with Gasteiger partial charge in [-0.2, -0.15) is 0 Å². The van der Waals surface area contributed by atoms with Crippen molar-refractivity contribution < 1.29 is 9.47 Å². The van der Waals surface area contributed by atoms with Crippen LogP contribution in [0.25, 0.3) is 27.6 Å². The third kappa shape index (κ3) is 0.928. The van der Waals surface area contributed by atoms with Crippen LogP contribution in [0.15, 0.2) is 48.5 Å². The zero-order valence-electron chi connectivity index (χ0n) is 11.7. The van der Waals surface area contributed by atoms with Crippen molar-refractivity contribution in [3.63, 3.8) is 0 Å². The van der Waals surface area contributed by atoms with Crippen LogP contribution in [0.2, 0.25) is 0 Å². The highest BCUT2D eigenvalue weighted by atomic mass is 16.7. The number of hydrogen-bond acceptors (Lipinski definition) is 2. The zero-order chi connectivity index (χ0) is 14.1. The summed E-state index contributed by atoms with van der Waals surface area (Å²) in [7, 11) is 0. The van der Waals surface area contributed by atoms with Crippen LogP contribution in [-0.4, -0.2) is 12.2 Å². The second-order valence-corrected chi connectivity index (χ2v) is 6.79. The standard InChI is InChI=1S/C20H12O2/c1-2-6-13-11(5-1)12-7-3-4-10-8-9-20-16(14(10)12)15(13)17-18(21-17)19(20)22-20/h1-9,17-19H. The van der Waals surface area contributed by atoms with Crippen molar-refractivity contribution >= 4 is 27.6 Å². The van der Waals surface area contributed by atoms with E-state index in [0.717, 1.165) is 0 Å². The highest BCUT2D eigenvalue weighted by Crippen LogP contribution is 2.68. The molecule has 4 aliphatic rings. The summed E-state index contributed by atoms with van der Waals surface area (Å²) < 4.78 is 12.2. The van der Waals surface area contributed by atoms with Crippen LogP contribution in [0.4, 0.5) is 0 Å². The molecule has 0 amide bonds. The maximum Gasteiger partial charge on any atom is 0.142 e. The normalized spacial score (nSPS) is 35.4. The van der Waals surface area contributed by atoms with E-state index in [0.29, 0.717) is 0 Å². The predicted octanol–water partition coefficient (Wildman–Crippen LogP) is 4.07. The van der Waals surface area contributed by atoms with E-state index in [1.807, 2.05) is 0 Å². The summed E-state index contributed by atoms with van der Waals surface area (Å²) in [6, 6.07) is 15.3. The molecule has 2 heterocycles. The predicted molar refractivity (Wildman–Crippen MR) is 84.7 cm³/mol. The minimum atomic E-state index is -0.219. The Morgan fingerprint density at radius 3 is 2.73 bits per heavy atom. The van der Waals surface area contributed by atoms with E-state index in [4.69, 9.17) is 9.47 Å². The summed E-state index contributed by atoms with van der Waals surface area (Å²) in [6.07, 6.45) is 5.19. The van der Waals surface area contributed by atoms with Gasteiger partial charge in [0.2, 0.25) is 0 Å². The molecule has 3 aromatic rings. The first kappa shape index (κ1) is 10.5. The van der Waals surface area contributed by atoms with E-state index in [1.54, 1.807) is 0 Å². The molecule has 2 aliphatic carbocycles. The second-order valence-electron chi connectivity index (χ2n) is 6.79. The first-order valence-electron chi connectivity index (χ1n) is 7.89. The van der Waals surface area contributed by atoms with E-state index >= 15 is 0 Å². The average molecular weight is 284 g/mol. The van der Waals surface area contributed by atoms with Crippen molar-refractivity contribution in [3.8, 4) is 0 Å². The number of epoxide rings is 2. The maximum atomic E-state index is 6.18. The van der Waals surface area contributed by atoms with Gasteiger partial charge in [-0.05, 0) is 38.7 Å². The van der Waals surface area contributed by atoms with Crippen molar-refractivity contribution in [2.45, 2.75) is 23.9 Å². The summed E-state index contributed by atoms with van der Waals surface area (Å²) in [4.78, 5) is 0. The molecule has 7 rings (SSSR count). The van der Waals surface area contributed by atoms with Gasteiger partial charge in [0.15, 0.2) is 0 Å². The number of ether oxygens (including phenoxy) is 2. The first-order valence-corrected chi connectivity index (χ1v) is 7.89. The summed E-state index contributed by atoms with van der Waals surface area (Å²) in [5.74, 6) is 0. The Labute approximate surface area is 126 Å². The van der Waals surface area contributed by atoms with Crippen LogP contribution in [0.1, 0.15) is 22.8 Å². The molecule has 4 atom stereocenters. The molecule has 0 saturated carbocycles. The van der Waals surface area contributed by atoms with Gasteiger partial charge in [0.1, 0.15) is 23.9 Å². The average Bonchev–Trinajstić information content (AvgIpc) is 3.45. The molecule has 2 heteroatoms. The van der Waals surface area contributed by atoms with Gasteiger partial charge in [0.05, 0.1) is 0 Å². The Bertz CT molecular complexity index is 1060. The monoisotopic (exact) mass is 284 g/mol. The number of fused-ring (bicyclic) bond motifs is 6. The molecule has 2 saturated heterocycles. The lowest BCUT2D eigenvalue weighted by Gasteiger charge is -2.26. The Morgan fingerprint density at radius 1 is 0.909 bits per heavy atom. The van der Waals surface area contributed by atoms with Crippen LogP contribution in [0.5, 0.6) is 0 Å². The van der Waals surface area contributed by atoms with Crippen LogP contribution in [0.3, 0.4) is 0 Å². The maximum absolute atomic E-state index is 6.18. The molecule has 0 radical (unpaired) electrons. The highest BCUT2D eigenvalue weighted by Gasteiger charge is 2.73. The Hall–Kier alpha value is -2.16. The van der Waals surface area contributed by atoms with Crippen molar-refractivity contribution in [2.24, 2.45) is 0 Å². The van der Waals surface area contributed by atoms with Gasteiger partial charge >= 0.3 is 0 Å². The van der Waals surface area contributed by atoms with E-state index in [1.165, 1.54) is 38.2 Å². The van der Waals surface area contributed by atoms with Gasteiger partial charge in [0.25, 0.3) is 0 Å². The van der Waals surface area contributed by atoms with Crippen LogP contribution < -0.4 is 0 Å². The van der Waals surface area contributed by atoms with Gasteiger partial charge in [-0.25, -0.2) is 0 Å². The second kappa shape index (κ2) is 2.98. The lowest BCUT2D eigenvalue weighted by Crippen LogP contribution is -2.23. The first-order chi connectivity index (χ1) is 10.9. The molecular formula is C20H12O2. The molecule has 0 bridgehead atoms. The minimum Gasteiger partial charge on any atom is -0.361 e. The molecule has 0 N–H and O–H groups in total. The van der Waals surface area contributed by atoms with Crippen LogP contribution in [-0.2, 0) is 15.1 Å². The SMILES string of the molecule is C1=CC23OC2C2OC2c2c3c3c1cccc3c1ccccc21. The van der Waals surface area contributed by atoms with Crippen molar-refractivity contribution in [1.82, 2.24) is 0 Å². The molecule has 2 fully saturated rings. The van der Waals surface area contributed by atoms with Gasteiger partial charge in [-0.3, -0.25) is 0 Å². The molecule has 22 heavy (non-hydrogen) atoms. The fourth-order valence-corrected chi connectivity index (χ4v) is 4.84. The largest absolute Gasteiger partial charge is 0.361 e. The molecule has 4 unspecified atom stereocenters. The number of rotatable bonds is 0. The van der Waals surface area contributed by atoms with Gasteiger partial charge in [-0.15, -0.1) is 0 Å². The summed E-state index contributed by atoms with van der Waals surface area (Å²) >= 11 is 0. The zero-order valence-corrected chi connectivity index (χ0v) is 11.7. The third-order valence-corrected chi connectivity index (χ3v) is 5.82. The number of benzene rings is 3. The number of hydrogen-bond donors (Lipinski definition) is 0. The van der Waals surface area contributed by atoms with Gasteiger partial charge in [-0.1, -0.05) is 48.5 Å². The van der Waals surface area contributed by atoms with Crippen molar-refractivity contribution in [1.29, 1.82) is 0 Å². The van der Waals surface area contributed by atoms with Gasteiger partial charge < -0.3 is 9.47 Å². The van der Waals surface area contributed by atoms with Crippen LogP contribution >= 0.6 is 0 Å². The smallest absolute Gasteiger partial charge is 0.142 e. The Balaban J connectivity index is 1.84. The summed E-state index contributed by atoms with van der Waals surface area (Å²) in [5, 5.41) is 5.37.